The third-order valence-corrected chi connectivity index (χ3v) is 3.06. The first kappa shape index (κ1) is 15.0. The van der Waals surface area contributed by atoms with Crippen molar-refractivity contribution < 1.29 is 14.6 Å². The maximum atomic E-state index is 12.1. The van der Waals surface area contributed by atoms with E-state index in [1.807, 2.05) is 13.0 Å². The molecule has 1 heterocycles. The van der Waals surface area contributed by atoms with Gasteiger partial charge in [0.25, 0.3) is 5.91 Å². The zero-order valence-corrected chi connectivity index (χ0v) is 12.0. The summed E-state index contributed by atoms with van der Waals surface area (Å²) >= 11 is 0. The Morgan fingerprint density at radius 3 is 2.95 bits per heavy atom. The van der Waals surface area contributed by atoms with Crippen molar-refractivity contribution in [3.8, 4) is 5.75 Å². The zero-order valence-electron chi connectivity index (χ0n) is 12.0. The lowest BCUT2D eigenvalue weighted by molar-refractivity contribution is -0.122. The molecule has 0 saturated heterocycles. The minimum absolute atomic E-state index is 0.0628. The molecule has 0 spiro atoms. The molecule has 5 heteroatoms. The van der Waals surface area contributed by atoms with Crippen LogP contribution in [0.15, 0.2) is 42.7 Å². The Morgan fingerprint density at radius 1 is 1.43 bits per heavy atom. The van der Waals surface area contributed by atoms with Crippen molar-refractivity contribution in [2.45, 2.75) is 26.6 Å². The maximum Gasteiger partial charge on any atom is 0.265 e. The number of ether oxygens (including phenoxy) is 1. The van der Waals surface area contributed by atoms with Gasteiger partial charge in [-0.3, -0.25) is 9.78 Å². The van der Waals surface area contributed by atoms with Crippen LogP contribution in [0.1, 0.15) is 18.1 Å². The molecule has 21 heavy (non-hydrogen) atoms. The third-order valence-electron chi connectivity index (χ3n) is 3.06. The number of anilines is 1. The Balaban J connectivity index is 2.01. The number of hydrogen-bond donors (Lipinski definition) is 2. The quantitative estimate of drug-likeness (QED) is 0.884. The Morgan fingerprint density at radius 2 is 2.24 bits per heavy atom. The summed E-state index contributed by atoms with van der Waals surface area (Å²) in [6.07, 6.45) is 2.62. The number of aliphatic hydroxyl groups is 1. The fraction of sp³-hybridized carbons (Fsp3) is 0.250. The van der Waals surface area contributed by atoms with Crippen LogP contribution >= 0.6 is 0 Å². The van der Waals surface area contributed by atoms with E-state index in [1.54, 1.807) is 43.6 Å². The number of benzene rings is 1. The van der Waals surface area contributed by atoms with Gasteiger partial charge in [-0.1, -0.05) is 12.1 Å². The van der Waals surface area contributed by atoms with Crippen LogP contribution in [0.5, 0.6) is 5.75 Å². The molecule has 0 radical (unpaired) electrons. The van der Waals surface area contributed by atoms with Crippen LogP contribution in [0.3, 0.4) is 0 Å². The Kier molecular flexibility index (Phi) is 4.90. The predicted octanol–water partition coefficient (Wildman–Crippen LogP) is 2.29. The highest BCUT2D eigenvalue weighted by Gasteiger charge is 2.15. The number of nitrogens with zero attached hydrogens (tertiary/aromatic N) is 1. The average Bonchev–Trinajstić information content (AvgIpc) is 2.49. The first-order valence-corrected chi connectivity index (χ1v) is 6.68. The molecule has 1 unspecified atom stereocenters. The molecule has 5 nitrogen and oxygen atoms in total. The zero-order chi connectivity index (χ0) is 15.2. The monoisotopic (exact) mass is 286 g/mol. The van der Waals surface area contributed by atoms with Gasteiger partial charge in [0, 0.05) is 6.20 Å². The number of carbonyl (C=O) groups is 1. The molecule has 1 atom stereocenters. The molecule has 0 aliphatic heterocycles. The first-order chi connectivity index (χ1) is 10.1. The second-order valence-electron chi connectivity index (χ2n) is 4.75. The van der Waals surface area contributed by atoms with E-state index in [2.05, 4.69) is 10.3 Å². The second-order valence-corrected chi connectivity index (χ2v) is 4.75. The number of aromatic nitrogens is 1. The minimum Gasteiger partial charge on any atom is -0.481 e. The number of carbonyl (C=O) groups excluding carboxylic acids is 1. The topological polar surface area (TPSA) is 71.5 Å². The van der Waals surface area contributed by atoms with Crippen molar-refractivity contribution in [2.24, 2.45) is 0 Å². The molecular formula is C16H18N2O3. The highest BCUT2D eigenvalue weighted by atomic mass is 16.5. The number of pyridine rings is 1. The molecule has 1 aromatic heterocycles. The third kappa shape index (κ3) is 4.03. The summed E-state index contributed by atoms with van der Waals surface area (Å²) in [6.45, 7) is 3.51. The maximum absolute atomic E-state index is 12.1. The molecule has 0 aliphatic carbocycles. The lowest BCUT2D eigenvalue weighted by Gasteiger charge is -2.15. The van der Waals surface area contributed by atoms with Crippen LogP contribution in [0, 0.1) is 6.92 Å². The average molecular weight is 286 g/mol. The van der Waals surface area contributed by atoms with Gasteiger partial charge >= 0.3 is 0 Å². The number of aryl methyl sites for hydroxylation is 1. The summed E-state index contributed by atoms with van der Waals surface area (Å²) in [5, 5.41) is 11.9. The smallest absolute Gasteiger partial charge is 0.265 e. The van der Waals surface area contributed by atoms with Crippen LogP contribution in [-0.4, -0.2) is 22.1 Å². The first-order valence-electron chi connectivity index (χ1n) is 6.68. The summed E-state index contributed by atoms with van der Waals surface area (Å²) in [7, 11) is 0. The van der Waals surface area contributed by atoms with E-state index in [0.717, 1.165) is 11.1 Å². The Hall–Kier alpha value is -2.40. The summed E-state index contributed by atoms with van der Waals surface area (Å²) in [6, 6.07) is 8.84. The van der Waals surface area contributed by atoms with Crippen LogP contribution in [0.4, 0.5) is 5.69 Å². The van der Waals surface area contributed by atoms with E-state index in [0.29, 0.717) is 11.4 Å². The summed E-state index contributed by atoms with van der Waals surface area (Å²) in [5.74, 6) is 0.299. The van der Waals surface area contributed by atoms with Crippen molar-refractivity contribution in [1.82, 2.24) is 4.98 Å². The summed E-state index contributed by atoms with van der Waals surface area (Å²) in [4.78, 5) is 16.1. The molecule has 0 aliphatic rings. The number of nitrogens with one attached hydrogen (secondary N) is 1. The number of rotatable bonds is 5. The van der Waals surface area contributed by atoms with Crippen molar-refractivity contribution in [2.75, 3.05) is 5.32 Å². The second kappa shape index (κ2) is 6.85. The molecule has 2 N–H and O–H groups in total. The Labute approximate surface area is 123 Å². The molecule has 0 saturated carbocycles. The van der Waals surface area contributed by atoms with E-state index in [1.165, 1.54) is 0 Å². The normalized spacial score (nSPS) is 11.8. The lowest BCUT2D eigenvalue weighted by atomic mass is 10.2. The SMILES string of the molecule is Cc1ccncc1NC(=O)C(C)Oc1cccc(CO)c1. The number of amides is 1. The lowest BCUT2D eigenvalue weighted by Crippen LogP contribution is -2.30. The molecular weight excluding hydrogens is 268 g/mol. The molecule has 2 aromatic rings. The largest absolute Gasteiger partial charge is 0.481 e. The fourth-order valence-electron chi connectivity index (χ4n) is 1.80. The standard InChI is InChI=1S/C16H18N2O3/c1-11-6-7-17-9-15(11)18-16(20)12(2)21-14-5-3-4-13(8-14)10-19/h3-9,12,19H,10H2,1-2H3,(H,18,20). The van der Waals surface area contributed by atoms with Crippen LogP contribution in [0.25, 0.3) is 0 Å². The molecule has 0 fully saturated rings. The van der Waals surface area contributed by atoms with E-state index in [4.69, 9.17) is 9.84 Å². The predicted molar refractivity (Wildman–Crippen MR) is 80.1 cm³/mol. The molecule has 2 rings (SSSR count). The minimum atomic E-state index is -0.654. The van der Waals surface area contributed by atoms with Crippen LogP contribution in [0.2, 0.25) is 0 Å². The van der Waals surface area contributed by atoms with Gasteiger partial charge in [0.2, 0.25) is 0 Å². The van der Waals surface area contributed by atoms with Crippen molar-refractivity contribution in [3.63, 3.8) is 0 Å². The van der Waals surface area contributed by atoms with Crippen LogP contribution in [-0.2, 0) is 11.4 Å². The number of hydrogen-bond acceptors (Lipinski definition) is 4. The van der Waals surface area contributed by atoms with Gasteiger partial charge in [0.15, 0.2) is 6.10 Å². The van der Waals surface area contributed by atoms with E-state index in [9.17, 15) is 4.79 Å². The highest BCUT2D eigenvalue weighted by Crippen LogP contribution is 2.16. The fourth-order valence-corrected chi connectivity index (χ4v) is 1.80. The summed E-state index contributed by atoms with van der Waals surface area (Å²) in [5.41, 5.74) is 2.35. The van der Waals surface area contributed by atoms with Gasteiger partial charge in [-0.05, 0) is 43.2 Å². The van der Waals surface area contributed by atoms with Gasteiger partial charge < -0.3 is 15.2 Å². The van der Waals surface area contributed by atoms with Crippen LogP contribution < -0.4 is 10.1 Å². The van der Waals surface area contributed by atoms with E-state index >= 15 is 0 Å². The van der Waals surface area contributed by atoms with Gasteiger partial charge in [-0.15, -0.1) is 0 Å². The van der Waals surface area contributed by atoms with Crippen molar-refractivity contribution >= 4 is 11.6 Å². The van der Waals surface area contributed by atoms with E-state index in [-0.39, 0.29) is 12.5 Å². The van der Waals surface area contributed by atoms with Gasteiger partial charge in [-0.2, -0.15) is 0 Å². The Bertz CT molecular complexity index is 628. The van der Waals surface area contributed by atoms with Gasteiger partial charge in [0.1, 0.15) is 5.75 Å². The molecule has 110 valence electrons. The van der Waals surface area contributed by atoms with Crippen molar-refractivity contribution in [1.29, 1.82) is 0 Å². The van der Waals surface area contributed by atoms with Crippen molar-refractivity contribution in [3.05, 3.63) is 53.9 Å². The molecule has 0 bridgehead atoms. The van der Waals surface area contributed by atoms with E-state index < -0.39 is 6.10 Å². The van der Waals surface area contributed by atoms with Gasteiger partial charge in [0.05, 0.1) is 18.5 Å². The highest BCUT2D eigenvalue weighted by molar-refractivity contribution is 5.94. The summed E-state index contributed by atoms with van der Waals surface area (Å²) < 4.78 is 5.59. The molecule has 1 aromatic carbocycles. The molecule has 1 amide bonds. The van der Waals surface area contributed by atoms with Gasteiger partial charge in [-0.25, -0.2) is 0 Å². The number of aliphatic hydroxyl groups excluding tert-OH is 1.